The Balaban J connectivity index is 1.70. The Morgan fingerprint density at radius 3 is 2.43 bits per heavy atom. The summed E-state index contributed by atoms with van der Waals surface area (Å²) in [6, 6.07) is 7.17. The molecule has 2 aromatic heterocycles. The van der Waals surface area contributed by atoms with E-state index >= 15 is 0 Å². The van der Waals surface area contributed by atoms with E-state index in [1.807, 2.05) is 0 Å². The molecule has 1 aromatic carbocycles. The Hall–Kier alpha value is -4.37. The Morgan fingerprint density at radius 1 is 1.10 bits per heavy atom. The number of methoxy groups -OCH3 is 1. The van der Waals surface area contributed by atoms with E-state index in [1.165, 1.54) is 23.9 Å². The van der Waals surface area contributed by atoms with Crippen molar-refractivity contribution < 1.29 is 29.3 Å². The molecule has 212 valence electrons. The van der Waals surface area contributed by atoms with Crippen molar-refractivity contribution in [2.45, 2.75) is 24.1 Å². The molecule has 17 heteroatoms. The Bertz CT molecular complexity index is 1490. The van der Waals surface area contributed by atoms with Crippen molar-refractivity contribution in [2.24, 2.45) is 13.0 Å². The van der Waals surface area contributed by atoms with Gasteiger partial charge in [-0.25, -0.2) is 0 Å². The first-order chi connectivity index (χ1) is 19.9. The van der Waals surface area contributed by atoms with Crippen LogP contribution >= 0.6 is 0 Å². The molecule has 1 saturated carbocycles. The van der Waals surface area contributed by atoms with E-state index in [9.17, 15) is 24.6 Å². The lowest BCUT2D eigenvalue weighted by Crippen LogP contribution is -2.50. The minimum Gasteiger partial charge on any atom is -0.494 e. The van der Waals surface area contributed by atoms with Gasteiger partial charge in [0.15, 0.2) is 17.3 Å². The minimum absolute atomic E-state index is 0.0983. The van der Waals surface area contributed by atoms with Crippen LogP contribution in [0, 0.1) is 5.92 Å². The van der Waals surface area contributed by atoms with Gasteiger partial charge >= 0.3 is 0 Å². The highest BCUT2D eigenvalue weighted by molar-refractivity contribution is 6.60. The van der Waals surface area contributed by atoms with E-state index in [4.69, 9.17) is 28.3 Å². The number of hydrogen-bond acceptors (Lipinski definition) is 10. The van der Waals surface area contributed by atoms with Crippen molar-refractivity contribution in [1.29, 1.82) is 0 Å². The molecule has 6 radical (unpaired) electrons. The maximum Gasteiger partial charge on any atom is 0.272 e. The molecular formula is C25H27B3N8O6. The number of amides is 3. The standard InChI is InChI=1S/C25H27B3N8O6/c1-36-18(23(40)29-13(10-37)11-38)8-16(35-36)14-4-3-5-15(21(14)42-2)30-17-9-19(31-22(39)12-6-7-12)33-34-20(17)24(41)32-25(26,27)28/h3-5,8-9,12-13,37-38H,6-7,10-11H2,1-2H3,(H,29,40)(H,32,41)(H2,30,31,33,39). The summed E-state index contributed by atoms with van der Waals surface area (Å²) in [5, 5.41) is 39.4. The van der Waals surface area contributed by atoms with Gasteiger partial charge in [-0.3, -0.25) is 19.1 Å². The third-order valence-corrected chi connectivity index (χ3v) is 6.19. The molecule has 0 aliphatic heterocycles. The summed E-state index contributed by atoms with van der Waals surface area (Å²) < 4.78 is 7.03. The van der Waals surface area contributed by atoms with Crippen LogP contribution < -0.4 is 26.0 Å². The largest absolute Gasteiger partial charge is 0.494 e. The molecule has 1 fully saturated rings. The fourth-order valence-electron chi connectivity index (χ4n) is 3.97. The number of ether oxygens (including phenoxy) is 1. The van der Waals surface area contributed by atoms with Gasteiger partial charge in [0.05, 0.1) is 67.0 Å². The van der Waals surface area contributed by atoms with Crippen molar-refractivity contribution in [3.63, 3.8) is 0 Å². The van der Waals surface area contributed by atoms with E-state index in [0.717, 1.165) is 12.8 Å². The van der Waals surface area contributed by atoms with E-state index in [-0.39, 0.29) is 34.7 Å². The van der Waals surface area contributed by atoms with Crippen molar-refractivity contribution in [3.8, 4) is 17.0 Å². The average molecular weight is 568 g/mol. The molecule has 14 nitrogen and oxygen atoms in total. The summed E-state index contributed by atoms with van der Waals surface area (Å²) in [7, 11) is 19.6. The number of aryl methyl sites for hydroxylation is 1. The maximum absolute atomic E-state index is 12.9. The maximum atomic E-state index is 12.9. The van der Waals surface area contributed by atoms with Crippen LogP contribution in [0.25, 0.3) is 11.3 Å². The Morgan fingerprint density at radius 2 is 1.81 bits per heavy atom. The number of carbonyl (C=O) groups excluding carboxylic acids is 3. The van der Waals surface area contributed by atoms with Crippen molar-refractivity contribution in [1.82, 2.24) is 30.6 Å². The first-order valence-electron chi connectivity index (χ1n) is 12.8. The van der Waals surface area contributed by atoms with Gasteiger partial charge in [0.2, 0.25) is 5.91 Å². The lowest BCUT2D eigenvalue weighted by Gasteiger charge is -2.23. The van der Waals surface area contributed by atoms with Crippen LogP contribution in [0.3, 0.4) is 0 Å². The minimum atomic E-state index is -2.04. The third kappa shape index (κ3) is 7.28. The summed E-state index contributed by atoms with van der Waals surface area (Å²) in [6.07, 6.45) is 1.56. The van der Waals surface area contributed by atoms with Gasteiger partial charge in [0.1, 0.15) is 5.69 Å². The summed E-state index contributed by atoms with van der Waals surface area (Å²) in [5.74, 6) is -1.30. The summed E-state index contributed by atoms with van der Waals surface area (Å²) in [4.78, 5) is 37.9. The first-order valence-corrected chi connectivity index (χ1v) is 12.8. The van der Waals surface area contributed by atoms with Gasteiger partial charge in [-0.2, -0.15) is 5.10 Å². The molecular weight excluding hydrogens is 541 g/mol. The molecule has 0 unspecified atom stereocenters. The molecule has 1 aliphatic carbocycles. The number of aliphatic hydroxyl groups excluding tert-OH is 2. The lowest BCUT2D eigenvalue weighted by atomic mass is 9.49. The van der Waals surface area contributed by atoms with Crippen LogP contribution in [0.2, 0.25) is 0 Å². The second-order valence-electron chi connectivity index (χ2n) is 9.73. The second kappa shape index (κ2) is 12.7. The fourth-order valence-corrected chi connectivity index (χ4v) is 3.97. The lowest BCUT2D eigenvalue weighted by molar-refractivity contribution is -0.117. The Labute approximate surface area is 245 Å². The van der Waals surface area contributed by atoms with E-state index in [2.05, 4.69) is 36.6 Å². The first kappa shape index (κ1) is 30.6. The van der Waals surface area contributed by atoms with Gasteiger partial charge in [-0.15, -0.1) is 10.2 Å². The van der Waals surface area contributed by atoms with Gasteiger partial charge in [-0.1, -0.05) is 11.3 Å². The highest BCUT2D eigenvalue weighted by atomic mass is 16.5. The highest BCUT2D eigenvalue weighted by Gasteiger charge is 2.30. The van der Waals surface area contributed by atoms with E-state index < -0.39 is 36.3 Å². The summed E-state index contributed by atoms with van der Waals surface area (Å²) in [6.45, 7) is -0.875. The van der Waals surface area contributed by atoms with Gasteiger partial charge in [-0.05, 0) is 31.0 Å². The summed E-state index contributed by atoms with van der Waals surface area (Å²) in [5.41, 5.74) is 1.28. The number of aromatic nitrogens is 4. The molecule has 1 aliphatic rings. The average Bonchev–Trinajstić information content (AvgIpc) is 3.72. The highest BCUT2D eigenvalue weighted by Crippen LogP contribution is 2.38. The number of hydrogen-bond donors (Lipinski definition) is 6. The summed E-state index contributed by atoms with van der Waals surface area (Å²) >= 11 is 0. The predicted molar refractivity (Wildman–Crippen MR) is 155 cm³/mol. The predicted octanol–water partition coefficient (Wildman–Crippen LogP) is -1.09. The number of carbonyl (C=O) groups is 3. The van der Waals surface area contributed by atoms with Gasteiger partial charge < -0.3 is 36.2 Å². The zero-order chi connectivity index (χ0) is 30.6. The number of anilines is 3. The van der Waals surface area contributed by atoms with Crippen molar-refractivity contribution in [3.05, 3.63) is 41.7 Å². The SMILES string of the molecule is [B]C([B])([B])NC(=O)c1nnc(NC(=O)C2CC2)cc1Nc1cccc(-c2cc(C(=O)NC(CO)CO)n(C)n2)c1OC. The van der Waals surface area contributed by atoms with Crippen molar-refractivity contribution in [2.75, 3.05) is 31.0 Å². The second-order valence-corrected chi connectivity index (χ2v) is 9.73. The van der Waals surface area contributed by atoms with Crippen LogP contribution in [0.15, 0.2) is 30.3 Å². The fraction of sp³-hybridized carbons (Fsp3) is 0.360. The molecule has 6 N–H and O–H groups in total. The zero-order valence-electron chi connectivity index (χ0n) is 22.9. The monoisotopic (exact) mass is 568 g/mol. The van der Waals surface area contributed by atoms with Crippen LogP contribution in [0.5, 0.6) is 5.75 Å². The smallest absolute Gasteiger partial charge is 0.272 e. The Kier molecular flexibility index (Phi) is 9.22. The van der Waals surface area contributed by atoms with Crippen LogP contribution in [-0.4, -0.2) is 103 Å². The van der Waals surface area contributed by atoms with E-state index in [0.29, 0.717) is 22.7 Å². The van der Waals surface area contributed by atoms with Crippen LogP contribution in [-0.2, 0) is 11.8 Å². The molecule has 0 spiro atoms. The van der Waals surface area contributed by atoms with E-state index in [1.54, 1.807) is 25.2 Å². The van der Waals surface area contributed by atoms with Crippen LogP contribution in [0.1, 0.15) is 33.8 Å². The van der Waals surface area contributed by atoms with Gasteiger partial charge in [0, 0.05) is 24.6 Å². The number of rotatable bonds is 12. The molecule has 2 heterocycles. The molecule has 3 amide bonds. The van der Waals surface area contributed by atoms with Gasteiger partial charge in [0.25, 0.3) is 11.8 Å². The number of aliphatic hydroxyl groups is 2. The molecule has 0 atom stereocenters. The molecule has 0 bridgehead atoms. The number of nitrogens with zero attached hydrogens (tertiary/aromatic N) is 4. The normalized spacial score (nSPS) is 13.0. The third-order valence-electron chi connectivity index (χ3n) is 6.19. The van der Waals surface area contributed by atoms with Crippen molar-refractivity contribution >= 4 is 58.5 Å². The number of para-hydroxylation sites is 1. The van der Waals surface area contributed by atoms with Crippen LogP contribution in [0.4, 0.5) is 17.2 Å². The molecule has 3 aromatic rings. The quantitative estimate of drug-likeness (QED) is 0.146. The molecule has 0 saturated heterocycles. The molecule has 4 rings (SSSR count). The topological polar surface area (TPSA) is 193 Å². The molecule has 42 heavy (non-hydrogen) atoms. The number of benzene rings is 1. The number of nitrogens with one attached hydrogen (secondary N) is 4. The zero-order valence-corrected chi connectivity index (χ0v) is 22.9.